The van der Waals surface area contributed by atoms with Crippen molar-refractivity contribution in [1.82, 2.24) is 0 Å². The van der Waals surface area contributed by atoms with Gasteiger partial charge in [-0.15, -0.1) is 0 Å². The minimum atomic E-state index is -0.663. The minimum absolute atomic E-state index is 0.0360. The van der Waals surface area contributed by atoms with Crippen LogP contribution in [-0.2, 0) is 16.2 Å². The van der Waals surface area contributed by atoms with E-state index in [-0.39, 0.29) is 22.2 Å². The standard InChI is InChI=1S/C27H48O2/c1-12-14-15-22(28)19(13-2)24(29)23-20(26(6,7)8)16-18(25(3,4)5)17-21(23)27(9,10)11/h16-17,19,22,24,28-29H,12-15H2,1-11H3. The third-order valence-electron chi connectivity index (χ3n) is 6.18. The van der Waals surface area contributed by atoms with Crippen LogP contribution in [0.25, 0.3) is 0 Å². The van der Waals surface area contributed by atoms with Crippen LogP contribution in [-0.4, -0.2) is 16.3 Å². The van der Waals surface area contributed by atoms with E-state index >= 15 is 0 Å². The second kappa shape index (κ2) is 9.52. The highest BCUT2D eigenvalue weighted by molar-refractivity contribution is 5.49. The van der Waals surface area contributed by atoms with Crippen LogP contribution in [0.2, 0.25) is 0 Å². The van der Waals surface area contributed by atoms with Gasteiger partial charge in [0.2, 0.25) is 0 Å². The Hall–Kier alpha value is -0.860. The number of hydrogen-bond acceptors (Lipinski definition) is 2. The molecular formula is C27H48O2. The molecule has 3 unspecified atom stereocenters. The molecule has 0 amide bonds. The highest BCUT2D eigenvalue weighted by atomic mass is 16.3. The summed E-state index contributed by atoms with van der Waals surface area (Å²) in [4.78, 5) is 0. The maximum Gasteiger partial charge on any atom is 0.0848 e. The SMILES string of the molecule is CCCCC(O)C(CC)C(O)c1c(C(C)(C)C)cc(C(C)(C)C)cc1C(C)(C)C. The van der Waals surface area contributed by atoms with Gasteiger partial charge in [0.05, 0.1) is 12.2 Å². The summed E-state index contributed by atoms with van der Waals surface area (Å²) < 4.78 is 0. The van der Waals surface area contributed by atoms with Crippen LogP contribution >= 0.6 is 0 Å². The van der Waals surface area contributed by atoms with Crippen LogP contribution in [0.15, 0.2) is 12.1 Å². The molecule has 0 radical (unpaired) electrons. The maximum absolute atomic E-state index is 11.7. The van der Waals surface area contributed by atoms with Gasteiger partial charge in [0.1, 0.15) is 0 Å². The third-order valence-corrected chi connectivity index (χ3v) is 6.18. The van der Waals surface area contributed by atoms with Crippen molar-refractivity contribution in [2.45, 2.75) is 130 Å². The lowest BCUT2D eigenvalue weighted by atomic mass is 9.69. The summed E-state index contributed by atoms with van der Waals surface area (Å²) in [5.41, 5.74) is 4.62. The molecule has 0 bridgehead atoms. The Morgan fingerprint density at radius 1 is 0.759 bits per heavy atom. The highest BCUT2D eigenvalue weighted by Gasteiger charge is 2.36. The smallest absolute Gasteiger partial charge is 0.0848 e. The first-order valence-corrected chi connectivity index (χ1v) is 11.6. The van der Waals surface area contributed by atoms with Gasteiger partial charge in [-0.05, 0) is 51.3 Å². The number of unbranched alkanes of at least 4 members (excludes halogenated alkanes) is 1. The summed E-state index contributed by atoms with van der Waals surface area (Å²) >= 11 is 0. The van der Waals surface area contributed by atoms with Gasteiger partial charge in [-0.2, -0.15) is 0 Å². The molecule has 2 heteroatoms. The van der Waals surface area contributed by atoms with Crippen molar-refractivity contribution in [3.05, 3.63) is 34.4 Å². The van der Waals surface area contributed by atoms with E-state index in [1.54, 1.807) is 0 Å². The van der Waals surface area contributed by atoms with E-state index in [0.29, 0.717) is 0 Å². The fraction of sp³-hybridized carbons (Fsp3) is 0.778. The molecule has 168 valence electrons. The van der Waals surface area contributed by atoms with Crippen molar-refractivity contribution in [3.8, 4) is 0 Å². The van der Waals surface area contributed by atoms with Gasteiger partial charge >= 0.3 is 0 Å². The van der Waals surface area contributed by atoms with Crippen molar-refractivity contribution in [3.63, 3.8) is 0 Å². The zero-order valence-electron chi connectivity index (χ0n) is 21.1. The van der Waals surface area contributed by atoms with Crippen molar-refractivity contribution >= 4 is 0 Å². The van der Waals surface area contributed by atoms with Crippen molar-refractivity contribution in [2.24, 2.45) is 5.92 Å². The van der Waals surface area contributed by atoms with E-state index in [9.17, 15) is 10.2 Å². The summed E-state index contributed by atoms with van der Waals surface area (Å²) in [6.07, 6.45) is 2.43. The summed E-state index contributed by atoms with van der Waals surface area (Å²) in [6.45, 7) is 24.3. The first kappa shape index (κ1) is 26.2. The number of benzene rings is 1. The van der Waals surface area contributed by atoms with Crippen molar-refractivity contribution in [2.75, 3.05) is 0 Å². The molecule has 0 aliphatic carbocycles. The van der Waals surface area contributed by atoms with Crippen LogP contribution in [0.3, 0.4) is 0 Å². The van der Waals surface area contributed by atoms with Gasteiger partial charge < -0.3 is 10.2 Å². The van der Waals surface area contributed by atoms with Gasteiger partial charge in [-0.1, -0.05) is 101 Å². The largest absolute Gasteiger partial charge is 0.393 e. The van der Waals surface area contributed by atoms with Crippen molar-refractivity contribution in [1.29, 1.82) is 0 Å². The van der Waals surface area contributed by atoms with Gasteiger partial charge in [0.15, 0.2) is 0 Å². The van der Waals surface area contributed by atoms with Gasteiger partial charge in [-0.25, -0.2) is 0 Å². The zero-order valence-corrected chi connectivity index (χ0v) is 21.1. The molecule has 0 saturated heterocycles. The van der Waals surface area contributed by atoms with Gasteiger partial charge in [0.25, 0.3) is 0 Å². The molecule has 1 aromatic rings. The van der Waals surface area contributed by atoms with Crippen LogP contribution in [0, 0.1) is 5.92 Å². The van der Waals surface area contributed by atoms with E-state index in [2.05, 4.69) is 88.3 Å². The molecule has 1 rings (SSSR count). The molecular weight excluding hydrogens is 356 g/mol. The Kier molecular flexibility index (Phi) is 8.59. The summed E-state index contributed by atoms with van der Waals surface area (Å²) in [7, 11) is 0. The molecule has 0 fully saturated rings. The van der Waals surface area contributed by atoms with E-state index in [1.165, 1.54) is 16.7 Å². The van der Waals surface area contributed by atoms with Crippen LogP contribution in [0.1, 0.15) is 130 Å². The molecule has 1 aromatic carbocycles. The average molecular weight is 405 g/mol. The van der Waals surface area contributed by atoms with Gasteiger partial charge in [-0.3, -0.25) is 0 Å². The summed E-state index contributed by atoms with van der Waals surface area (Å²) in [5, 5.41) is 22.6. The monoisotopic (exact) mass is 404 g/mol. The van der Waals surface area contributed by atoms with Crippen LogP contribution in [0.4, 0.5) is 0 Å². The number of hydrogen-bond donors (Lipinski definition) is 2. The Labute approximate surface area is 181 Å². The molecule has 0 heterocycles. The number of aliphatic hydroxyl groups is 2. The Morgan fingerprint density at radius 2 is 1.21 bits per heavy atom. The number of rotatable bonds is 7. The highest BCUT2D eigenvalue weighted by Crippen LogP contribution is 2.44. The fourth-order valence-electron chi connectivity index (χ4n) is 4.19. The second-order valence-electron chi connectivity index (χ2n) is 12.0. The molecule has 2 nitrogen and oxygen atoms in total. The molecule has 0 aliphatic heterocycles. The summed E-state index contributed by atoms with van der Waals surface area (Å²) in [5.74, 6) is -0.149. The number of aliphatic hydroxyl groups excluding tert-OH is 2. The van der Waals surface area contributed by atoms with E-state index in [0.717, 1.165) is 31.2 Å². The lowest BCUT2D eigenvalue weighted by Gasteiger charge is -2.38. The molecule has 29 heavy (non-hydrogen) atoms. The molecule has 0 aliphatic rings. The van der Waals surface area contributed by atoms with E-state index in [4.69, 9.17) is 0 Å². The van der Waals surface area contributed by atoms with E-state index < -0.39 is 12.2 Å². The molecule has 0 spiro atoms. The predicted molar refractivity (Wildman–Crippen MR) is 127 cm³/mol. The molecule has 0 aromatic heterocycles. The fourth-order valence-corrected chi connectivity index (χ4v) is 4.19. The second-order valence-corrected chi connectivity index (χ2v) is 12.0. The Balaban J connectivity index is 3.77. The molecule has 2 N–H and O–H groups in total. The average Bonchev–Trinajstić information content (AvgIpc) is 2.56. The third kappa shape index (κ3) is 6.56. The quantitative estimate of drug-likeness (QED) is 0.505. The topological polar surface area (TPSA) is 40.5 Å². The Morgan fingerprint density at radius 3 is 1.52 bits per heavy atom. The normalized spacial score (nSPS) is 16.6. The van der Waals surface area contributed by atoms with Crippen LogP contribution in [0.5, 0.6) is 0 Å². The lowest BCUT2D eigenvalue weighted by molar-refractivity contribution is 0.00260. The lowest BCUT2D eigenvalue weighted by Crippen LogP contribution is -2.32. The molecule has 0 saturated carbocycles. The van der Waals surface area contributed by atoms with E-state index in [1.807, 2.05) is 0 Å². The first-order chi connectivity index (χ1) is 13.1. The minimum Gasteiger partial charge on any atom is -0.393 e. The Bertz CT molecular complexity index is 618. The summed E-state index contributed by atoms with van der Waals surface area (Å²) in [6, 6.07) is 4.61. The van der Waals surface area contributed by atoms with Gasteiger partial charge in [0, 0.05) is 5.92 Å². The van der Waals surface area contributed by atoms with Crippen LogP contribution < -0.4 is 0 Å². The first-order valence-electron chi connectivity index (χ1n) is 11.6. The molecule has 3 atom stereocenters. The predicted octanol–water partition coefficient (Wildman–Crippen LogP) is 7.19. The maximum atomic E-state index is 11.7. The zero-order chi connectivity index (χ0) is 22.8. The van der Waals surface area contributed by atoms with Crippen molar-refractivity contribution < 1.29 is 10.2 Å².